The summed E-state index contributed by atoms with van der Waals surface area (Å²) in [6.45, 7) is 6.20. The molecular weight excluding hydrogens is 168 g/mol. The van der Waals surface area contributed by atoms with Crippen LogP contribution in [-0.4, -0.2) is 0 Å². The lowest BCUT2D eigenvalue weighted by Gasteiger charge is -1.99. The molecular formula is C14H16. The van der Waals surface area contributed by atoms with Gasteiger partial charge in [-0.1, -0.05) is 48.1 Å². The molecule has 0 atom stereocenters. The summed E-state index contributed by atoms with van der Waals surface area (Å²) in [4.78, 5) is 0. The fraction of sp³-hybridized carbons (Fsp3) is 0.286. The van der Waals surface area contributed by atoms with Gasteiger partial charge in [-0.25, -0.2) is 0 Å². The van der Waals surface area contributed by atoms with Crippen molar-refractivity contribution in [3.63, 3.8) is 0 Å². The van der Waals surface area contributed by atoms with Gasteiger partial charge in [0.15, 0.2) is 0 Å². The zero-order valence-corrected chi connectivity index (χ0v) is 8.72. The summed E-state index contributed by atoms with van der Waals surface area (Å²) in [6.07, 6.45) is 5.93. The lowest BCUT2D eigenvalue weighted by Crippen LogP contribution is -1.78. The number of hydrogen-bond donors (Lipinski definition) is 0. The maximum Gasteiger partial charge on any atom is -0.0254 e. The summed E-state index contributed by atoms with van der Waals surface area (Å²) in [5.74, 6) is 0. The number of aryl methyl sites for hydroxylation is 1. The Balaban J connectivity index is 2.24. The topological polar surface area (TPSA) is 0 Å². The third kappa shape index (κ3) is 1.95. The molecule has 1 aromatic rings. The second-order valence-corrected chi connectivity index (χ2v) is 4.04. The summed E-state index contributed by atoms with van der Waals surface area (Å²) in [7, 11) is 0. The van der Waals surface area contributed by atoms with Crippen LogP contribution < -0.4 is 0 Å². The van der Waals surface area contributed by atoms with Crippen molar-refractivity contribution >= 4 is 6.08 Å². The molecule has 2 rings (SSSR count). The average molecular weight is 184 g/mol. The molecule has 1 aromatic carbocycles. The van der Waals surface area contributed by atoms with Crippen LogP contribution in [0.15, 0.2) is 42.0 Å². The molecule has 14 heavy (non-hydrogen) atoms. The smallest absolute Gasteiger partial charge is 0.0254 e. The first-order valence-corrected chi connectivity index (χ1v) is 5.21. The van der Waals surface area contributed by atoms with Gasteiger partial charge in [0.1, 0.15) is 0 Å². The van der Waals surface area contributed by atoms with Crippen LogP contribution >= 0.6 is 0 Å². The van der Waals surface area contributed by atoms with Crippen molar-refractivity contribution in [1.29, 1.82) is 0 Å². The molecule has 0 nitrogen and oxygen atoms in total. The summed E-state index contributed by atoms with van der Waals surface area (Å²) in [5.41, 5.74) is 5.38. The number of benzene rings is 1. The van der Waals surface area contributed by atoms with Gasteiger partial charge in [0.05, 0.1) is 0 Å². The van der Waals surface area contributed by atoms with E-state index in [1.54, 1.807) is 0 Å². The molecule has 0 aromatic heterocycles. The standard InChI is InChI=1S/C14H16/c1-11-6-8-13(9-7-11)10-14-5-3-4-12(14)2/h6-10H,2-5H2,1H3/b14-10+. The molecule has 0 amide bonds. The number of rotatable bonds is 1. The van der Waals surface area contributed by atoms with Gasteiger partial charge in [-0.2, -0.15) is 0 Å². The van der Waals surface area contributed by atoms with Crippen molar-refractivity contribution in [3.05, 3.63) is 53.1 Å². The number of hydrogen-bond acceptors (Lipinski definition) is 0. The predicted octanol–water partition coefficient (Wildman–Crippen LogP) is 4.12. The van der Waals surface area contributed by atoms with E-state index in [-0.39, 0.29) is 0 Å². The molecule has 1 aliphatic carbocycles. The highest BCUT2D eigenvalue weighted by atomic mass is 14.2. The molecule has 1 saturated carbocycles. The Morgan fingerprint density at radius 1 is 1.14 bits per heavy atom. The molecule has 0 saturated heterocycles. The Morgan fingerprint density at radius 2 is 1.86 bits per heavy atom. The second kappa shape index (κ2) is 3.83. The quantitative estimate of drug-likeness (QED) is 0.616. The minimum absolute atomic E-state index is 1.18. The van der Waals surface area contributed by atoms with Crippen molar-refractivity contribution in [2.24, 2.45) is 0 Å². The molecule has 0 N–H and O–H groups in total. The molecule has 72 valence electrons. The van der Waals surface area contributed by atoms with Gasteiger partial charge < -0.3 is 0 Å². The largest absolute Gasteiger partial charge is 0.0956 e. The fourth-order valence-corrected chi connectivity index (χ4v) is 1.87. The van der Waals surface area contributed by atoms with Crippen LogP contribution in [0.1, 0.15) is 30.4 Å². The van der Waals surface area contributed by atoms with Crippen LogP contribution in [0.4, 0.5) is 0 Å². The van der Waals surface area contributed by atoms with Crippen molar-refractivity contribution in [2.45, 2.75) is 26.2 Å². The minimum atomic E-state index is 1.18. The Kier molecular flexibility index (Phi) is 2.53. The highest BCUT2D eigenvalue weighted by molar-refractivity contribution is 5.59. The van der Waals surface area contributed by atoms with Crippen LogP contribution in [0.25, 0.3) is 6.08 Å². The van der Waals surface area contributed by atoms with E-state index in [9.17, 15) is 0 Å². The molecule has 0 aliphatic heterocycles. The SMILES string of the molecule is C=C1CCC/C1=C\c1ccc(C)cc1. The highest BCUT2D eigenvalue weighted by Crippen LogP contribution is 2.30. The fourth-order valence-electron chi connectivity index (χ4n) is 1.87. The summed E-state index contributed by atoms with van der Waals surface area (Å²) in [5, 5.41) is 0. The van der Waals surface area contributed by atoms with E-state index in [4.69, 9.17) is 0 Å². The Bertz CT molecular complexity index is 366. The van der Waals surface area contributed by atoms with Gasteiger partial charge in [0.2, 0.25) is 0 Å². The third-order valence-corrected chi connectivity index (χ3v) is 2.80. The van der Waals surface area contributed by atoms with Crippen molar-refractivity contribution < 1.29 is 0 Å². The van der Waals surface area contributed by atoms with E-state index >= 15 is 0 Å². The van der Waals surface area contributed by atoms with Crippen LogP contribution in [0.2, 0.25) is 0 Å². The average Bonchev–Trinajstić information content (AvgIpc) is 2.56. The first-order chi connectivity index (χ1) is 6.75. The van der Waals surface area contributed by atoms with Crippen molar-refractivity contribution in [2.75, 3.05) is 0 Å². The lowest BCUT2D eigenvalue weighted by atomic mass is 10.1. The Morgan fingerprint density at radius 3 is 2.43 bits per heavy atom. The van der Waals surface area contributed by atoms with Gasteiger partial charge >= 0.3 is 0 Å². The summed E-state index contributed by atoms with van der Waals surface area (Å²) in [6, 6.07) is 8.66. The highest BCUT2D eigenvalue weighted by Gasteiger charge is 2.10. The van der Waals surface area contributed by atoms with E-state index in [1.807, 2.05) is 0 Å². The van der Waals surface area contributed by atoms with Crippen LogP contribution in [0, 0.1) is 6.92 Å². The monoisotopic (exact) mass is 184 g/mol. The van der Waals surface area contributed by atoms with Gasteiger partial charge in [-0.05, 0) is 37.3 Å². The van der Waals surface area contributed by atoms with E-state index in [0.29, 0.717) is 0 Å². The summed E-state index contributed by atoms with van der Waals surface area (Å²) >= 11 is 0. The molecule has 0 bridgehead atoms. The van der Waals surface area contributed by atoms with E-state index in [0.717, 1.165) is 0 Å². The van der Waals surface area contributed by atoms with Gasteiger partial charge in [0.25, 0.3) is 0 Å². The molecule has 1 aliphatic rings. The van der Waals surface area contributed by atoms with E-state index < -0.39 is 0 Å². The van der Waals surface area contributed by atoms with Crippen LogP contribution in [-0.2, 0) is 0 Å². The lowest BCUT2D eigenvalue weighted by molar-refractivity contribution is 0.934. The van der Waals surface area contributed by atoms with Crippen LogP contribution in [0.5, 0.6) is 0 Å². The Hall–Kier alpha value is -1.30. The first kappa shape index (κ1) is 9.26. The Labute approximate surface area is 86.0 Å². The predicted molar refractivity (Wildman–Crippen MR) is 62.1 cm³/mol. The molecule has 0 unspecified atom stereocenters. The van der Waals surface area contributed by atoms with Gasteiger partial charge in [-0.3, -0.25) is 0 Å². The van der Waals surface area contributed by atoms with Gasteiger partial charge in [0, 0.05) is 0 Å². The number of allylic oxidation sites excluding steroid dienone is 2. The van der Waals surface area contributed by atoms with Crippen molar-refractivity contribution in [3.8, 4) is 0 Å². The zero-order chi connectivity index (χ0) is 9.97. The second-order valence-electron chi connectivity index (χ2n) is 4.04. The summed E-state index contributed by atoms with van der Waals surface area (Å²) < 4.78 is 0. The molecule has 0 heteroatoms. The molecule has 0 heterocycles. The minimum Gasteiger partial charge on any atom is -0.0956 e. The molecule has 1 fully saturated rings. The third-order valence-electron chi connectivity index (χ3n) is 2.80. The zero-order valence-electron chi connectivity index (χ0n) is 8.72. The van der Waals surface area contributed by atoms with Crippen molar-refractivity contribution in [1.82, 2.24) is 0 Å². The first-order valence-electron chi connectivity index (χ1n) is 5.21. The van der Waals surface area contributed by atoms with Gasteiger partial charge in [-0.15, -0.1) is 0 Å². The maximum atomic E-state index is 4.08. The van der Waals surface area contributed by atoms with Crippen LogP contribution in [0.3, 0.4) is 0 Å². The molecule has 0 spiro atoms. The van der Waals surface area contributed by atoms with E-state index in [1.165, 1.54) is 41.5 Å². The normalized spacial score (nSPS) is 19.2. The maximum absolute atomic E-state index is 4.08. The molecule has 0 radical (unpaired) electrons. The van der Waals surface area contributed by atoms with E-state index in [2.05, 4.69) is 43.8 Å².